The van der Waals surface area contributed by atoms with Gasteiger partial charge in [-0.3, -0.25) is 4.52 Å². The third-order valence-electron chi connectivity index (χ3n) is 6.73. The third kappa shape index (κ3) is 4.51. The van der Waals surface area contributed by atoms with Gasteiger partial charge in [0.1, 0.15) is 41.9 Å². The lowest BCUT2D eigenvalue weighted by molar-refractivity contribution is -0.0163. The van der Waals surface area contributed by atoms with Crippen LogP contribution in [0.1, 0.15) is 41.3 Å². The molecule has 4 atom stereocenters. The molecule has 0 bridgehead atoms. The van der Waals surface area contributed by atoms with E-state index < -0.39 is 50.0 Å². The molecular weight excluding hydrogens is 504 g/mol. The number of halogens is 3. The van der Waals surface area contributed by atoms with Gasteiger partial charge in [0.25, 0.3) is 6.43 Å². The molecule has 0 amide bonds. The molecule has 0 saturated heterocycles. The van der Waals surface area contributed by atoms with Crippen molar-refractivity contribution in [2.75, 3.05) is 6.54 Å². The number of nitrogens with zero attached hydrogens (tertiary/aromatic N) is 3. The molecule has 3 heterocycles. The average Bonchev–Trinajstić information content (AvgIpc) is 3.37. The number of aliphatic hydroxyl groups excluding tert-OH is 1. The van der Waals surface area contributed by atoms with Crippen LogP contribution in [-0.2, 0) is 22.1 Å². The Morgan fingerprint density at radius 3 is 2.78 bits per heavy atom. The first-order valence-corrected chi connectivity index (χ1v) is 12.8. The van der Waals surface area contributed by atoms with Gasteiger partial charge in [-0.15, -0.1) is 0 Å². The lowest BCUT2D eigenvalue weighted by Crippen LogP contribution is -2.37. The zero-order valence-electron chi connectivity index (χ0n) is 19.0. The zero-order chi connectivity index (χ0) is 25.8. The van der Waals surface area contributed by atoms with Crippen molar-refractivity contribution in [2.24, 2.45) is 0 Å². The summed E-state index contributed by atoms with van der Waals surface area (Å²) in [6.07, 6.45) is -4.01. The van der Waals surface area contributed by atoms with Crippen molar-refractivity contribution in [1.82, 2.24) is 19.9 Å². The second-order valence-electron chi connectivity index (χ2n) is 8.89. The van der Waals surface area contributed by atoms with E-state index in [1.807, 2.05) is 0 Å². The molecule has 2 aliphatic rings. The molecule has 194 valence electrons. The highest BCUT2D eigenvalue weighted by Crippen LogP contribution is 2.46. The number of hydrogen-bond donors (Lipinski definition) is 4. The average molecular weight is 528 g/mol. The van der Waals surface area contributed by atoms with Crippen LogP contribution in [0.3, 0.4) is 0 Å². The maximum atomic E-state index is 14.7. The van der Waals surface area contributed by atoms with Crippen LogP contribution in [0, 0.1) is 12.7 Å². The maximum Gasteiger partial charge on any atom is 0.470 e. The number of rotatable bonds is 6. The van der Waals surface area contributed by atoms with Gasteiger partial charge in [-0.25, -0.2) is 27.7 Å². The summed E-state index contributed by atoms with van der Waals surface area (Å²) < 4.78 is 66.2. The Hall–Kier alpha value is -2.54. The SMILES string of the molecule is Cc1ncnc2c1ccn2[C@@H]1C[C@H](Oc2cc(C(F)F)c(F)c3c2CNCC3)[C@@H](OP(=O)(O)O)[C@H]1O. The van der Waals surface area contributed by atoms with Crippen molar-refractivity contribution in [1.29, 1.82) is 0 Å². The van der Waals surface area contributed by atoms with Gasteiger partial charge in [0.2, 0.25) is 0 Å². The lowest BCUT2D eigenvalue weighted by Gasteiger charge is -2.27. The second-order valence-corrected chi connectivity index (χ2v) is 10.1. The van der Waals surface area contributed by atoms with Crippen molar-refractivity contribution in [3.05, 3.63) is 52.9 Å². The molecule has 1 aromatic carbocycles. The summed E-state index contributed by atoms with van der Waals surface area (Å²) >= 11 is 0. The molecule has 1 aliphatic carbocycles. The Kier molecular flexibility index (Phi) is 6.56. The van der Waals surface area contributed by atoms with Crippen LogP contribution < -0.4 is 10.1 Å². The van der Waals surface area contributed by atoms with Crippen LogP contribution in [0.2, 0.25) is 0 Å². The molecule has 1 aliphatic heterocycles. The summed E-state index contributed by atoms with van der Waals surface area (Å²) in [6.45, 7) is 2.34. The van der Waals surface area contributed by atoms with Crippen molar-refractivity contribution < 1.29 is 41.9 Å². The summed E-state index contributed by atoms with van der Waals surface area (Å²) in [7, 11) is -5.08. The number of phosphoric ester groups is 1. The number of fused-ring (bicyclic) bond motifs is 2. The first-order valence-electron chi connectivity index (χ1n) is 11.2. The number of phosphoric acid groups is 1. The summed E-state index contributed by atoms with van der Waals surface area (Å²) in [5, 5.41) is 14.8. The van der Waals surface area contributed by atoms with E-state index in [4.69, 9.17) is 9.26 Å². The third-order valence-corrected chi connectivity index (χ3v) is 7.25. The second kappa shape index (κ2) is 9.40. The van der Waals surface area contributed by atoms with Crippen molar-refractivity contribution in [3.63, 3.8) is 0 Å². The Morgan fingerprint density at radius 1 is 1.28 bits per heavy atom. The number of aryl methyl sites for hydroxylation is 1. The monoisotopic (exact) mass is 528 g/mol. The highest BCUT2D eigenvalue weighted by Gasteiger charge is 2.49. The fraction of sp³-hybridized carbons (Fsp3) is 0.455. The zero-order valence-corrected chi connectivity index (χ0v) is 19.9. The Labute approximate surface area is 203 Å². The molecule has 1 saturated carbocycles. The lowest BCUT2D eigenvalue weighted by atomic mass is 9.96. The number of ether oxygens (including phenoxy) is 1. The molecule has 5 rings (SSSR count). The minimum absolute atomic E-state index is 0.00224. The first kappa shape index (κ1) is 25.1. The quantitative estimate of drug-likeness (QED) is 0.356. The molecule has 0 unspecified atom stereocenters. The normalized spacial score (nSPS) is 24.4. The predicted molar refractivity (Wildman–Crippen MR) is 120 cm³/mol. The van der Waals surface area contributed by atoms with Gasteiger partial charge in [0.05, 0.1) is 17.3 Å². The van der Waals surface area contributed by atoms with E-state index in [2.05, 4.69) is 15.3 Å². The Balaban J connectivity index is 1.55. The van der Waals surface area contributed by atoms with Crippen molar-refractivity contribution in [3.8, 4) is 5.75 Å². The summed E-state index contributed by atoms with van der Waals surface area (Å²) in [5.74, 6) is -1.04. The number of hydrogen-bond acceptors (Lipinski definition) is 7. The molecular formula is C22H24F3N4O6P. The van der Waals surface area contributed by atoms with Crippen LogP contribution in [-0.4, -0.2) is 54.3 Å². The van der Waals surface area contributed by atoms with Crippen LogP contribution in [0.4, 0.5) is 13.2 Å². The van der Waals surface area contributed by atoms with Gasteiger partial charge in [-0.1, -0.05) is 0 Å². The number of aromatic nitrogens is 3. The summed E-state index contributed by atoms with van der Waals surface area (Å²) in [5.41, 5.74) is 0.813. The topological polar surface area (TPSA) is 139 Å². The van der Waals surface area contributed by atoms with Gasteiger partial charge >= 0.3 is 7.82 Å². The molecule has 0 radical (unpaired) electrons. The fourth-order valence-corrected chi connectivity index (χ4v) is 5.63. The fourth-order valence-electron chi connectivity index (χ4n) is 5.05. The molecule has 10 nitrogen and oxygen atoms in total. The smallest absolute Gasteiger partial charge is 0.470 e. The van der Waals surface area contributed by atoms with Crippen LogP contribution in [0.15, 0.2) is 24.7 Å². The van der Waals surface area contributed by atoms with Gasteiger partial charge in [0, 0.05) is 30.1 Å². The standard InChI is InChI=1S/C22H24F3N4O6P/c1-10-11-3-5-29(22(11)28-9-27-10)15-7-17(20(19(15)30)35-36(31,32)33)34-16-6-13(21(24)25)18(23)12-2-4-26-8-14(12)16/h3,5-6,9,15,17,19-21,26,30H,2,4,7-8H2,1H3,(H2,31,32,33)/t15-,17+,19+,20-/m1/s1. The molecule has 3 aromatic rings. The van der Waals surface area contributed by atoms with Gasteiger partial charge in [-0.2, -0.15) is 0 Å². The number of alkyl halides is 2. The van der Waals surface area contributed by atoms with E-state index in [0.717, 1.165) is 11.5 Å². The van der Waals surface area contributed by atoms with E-state index in [1.165, 1.54) is 6.33 Å². The highest BCUT2D eigenvalue weighted by atomic mass is 31.2. The van der Waals surface area contributed by atoms with E-state index in [1.54, 1.807) is 23.8 Å². The number of aliphatic hydroxyl groups is 1. The molecule has 1 fully saturated rings. The first-order chi connectivity index (χ1) is 17.0. The Bertz CT molecular complexity index is 1350. The van der Waals surface area contributed by atoms with Crippen LogP contribution >= 0.6 is 7.82 Å². The minimum atomic E-state index is -5.08. The Morgan fingerprint density at radius 2 is 2.06 bits per heavy atom. The molecule has 4 N–H and O–H groups in total. The van der Waals surface area contributed by atoms with E-state index >= 15 is 0 Å². The van der Waals surface area contributed by atoms with Crippen LogP contribution in [0.5, 0.6) is 5.75 Å². The van der Waals surface area contributed by atoms with Crippen LogP contribution in [0.25, 0.3) is 11.0 Å². The van der Waals surface area contributed by atoms with Gasteiger partial charge < -0.3 is 29.5 Å². The minimum Gasteiger partial charge on any atom is -0.487 e. The number of benzene rings is 1. The summed E-state index contributed by atoms with van der Waals surface area (Å²) in [6, 6.07) is 1.88. The van der Waals surface area contributed by atoms with E-state index in [0.29, 0.717) is 23.4 Å². The molecule has 0 spiro atoms. The highest BCUT2D eigenvalue weighted by molar-refractivity contribution is 7.46. The predicted octanol–water partition coefficient (Wildman–Crippen LogP) is 2.69. The van der Waals surface area contributed by atoms with E-state index in [9.17, 15) is 32.6 Å². The molecule has 2 aromatic heterocycles. The van der Waals surface area contributed by atoms with E-state index in [-0.39, 0.29) is 30.7 Å². The van der Waals surface area contributed by atoms with Gasteiger partial charge in [0.15, 0.2) is 0 Å². The largest absolute Gasteiger partial charge is 0.487 e. The van der Waals surface area contributed by atoms with Crippen molar-refractivity contribution in [2.45, 2.75) is 57.1 Å². The number of nitrogens with one attached hydrogen (secondary N) is 1. The molecule has 36 heavy (non-hydrogen) atoms. The summed E-state index contributed by atoms with van der Waals surface area (Å²) in [4.78, 5) is 27.4. The van der Waals surface area contributed by atoms with Gasteiger partial charge in [-0.05, 0) is 37.6 Å². The maximum absolute atomic E-state index is 14.7. The molecule has 14 heteroatoms. The van der Waals surface area contributed by atoms with Crippen molar-refractivity contribution >= 4 is 18.9 Å².